The summed E-state index contributed by atoms with van der Waals surface area (Å²) in [7, 11) is 4.13. The van der Waals surface area contributed by atoms with E-state index in [9.17, 15) is 5.11 Å². The van der Waals surface area contributed by atoms with Crippen molar-refractivity contribution in [3.05, 3.63) is 59.7 Å². The van der Waals surface area contributed by atoms with Crippen molar-refractivity contribution < 1.29 is 9.84 Å². The molecule has 0 saturated carbocycles. The van der Waals surface area contributed by atoms with E-state index < -0.39 is 0 Å². The SMILES string of the molecule is CCOc1cccc(C=NC[C@H](Cc2ccccc2)N(C)C)c1O. The van der Waals surface area contributed by atoms with Gasteiger partial charge in [-0.05, 0) is 45.1 Å². The minimum absolute atomic E-state index is 0.146. The van der Waals surface area contributed by atoms with Crippen LogP contribution < -0.4 is 4.74 Å². The third kappa shape index (κ3) is 5.10. The predicted octanol–water partition coefficient (Wildman–Crippen LogP) is 3.38. The standard InChI is InChI=1S/C20H26N2O2/c1-4-24-19-12-8-11-17(20(19)23)14-21-15-18(22(2)3)13-16-9-6-5-7-10-16/h5-12,14,18,23H,4,13,15H2,1-3H3/t18-/m0/s1. The van der Waals surface area contributed by atoms with E-state index in [0.717, 1.165) is 6.42 Å². The van der Waals surface area contributed by atoms with E-state index in [1.807, 2.05) is 25.1 Å². The van der Waals surface area contributed by atoms with Gasteiger partial charge in [0.1, 0.15) is 0 Å². The van der Waals surface area contributed by atoms with Gasteiger partial charge in [-0.25, -0.2) is 0 Å². The number of para-hydroxylation sites is 1. The summed E-state index contributed by atoms with van der Waals surface area (Å²) in [5, 5.41) is 10.2. The topological polar surface area (TPSA) is 45.1 Å². The molecule has 0 radical (unpaired) electrons. The van der Waals surface area contributed by atoms with E-state index in [2.05, 4.69) is 48.3 Å². The second-order valence-electron chi connectivity index (χ2n) is 5.93. The van der Waals surface area contributed by atoms with E-state index in [0.29, 0.717) is 30.5 Å². The smallest absolute Gasteiger partial charge is 0.166 e. The highest BCUT2D eigenvalue weighted by atomic mass is 16.5. The van der Waals surface area contributed by atoms with Gasteiger partial charge >= 0.3 is 0 Å². The average molecular weight is 326 g/mol. The van der Waals surface area contributed by atoms with Crippen molar-refractivity contribution in [2.24, 2.45) is 4.99 Å². The van der Waals surface area contributed by atoms with Gasteiger partial charge in [-0.2, -0.15) is 0 Å². The first-order valence-corrected chi connectivity index (χ1v) is 8.26. The van der Waals surface area contributed by atoms with Crippen molar-refractivity contribution >= 4 is 6.21 Å². The first-order valence-electron chi connectivity index (χ1n) is 8.26. The molecular weight excluding hydrogens is 300 g/mol. The minimum Gasteiger partial charge on any atom is -0.504 e. The zero-order valence-corrected chi connectivity index (χ0v) is 14.6. The second-order valence-corrected chi connectivity index (χ2v) is 5.93. The number of hydrogen-bond donors (Lipinski definition) is 1. The first-order chi connectivity index (χ1) is 11.6. The molecular formula is C20H26N2O2. The highest BCUT2D eigenvalue weighted by molar-refractivity contribution is 5.84. The Balaban J connectivity index is 2.04. The Kier molecular flexibility index (Phi) is 6.82. The molecule has 0 aromatic heterocycles. The number of phenols is 1. The van der Waals surface area contributed by atoms with Crippen LogP contribution in [0.5, 0.6) is 11.5 Å². The summed E-state index contributed by atoms with van der Waals surface area (Å²) in [5.41, 5.74) is 1.98. The Bertz CT molecular complexity index is 654. The Morgan fingerprint density at radius 2 is 1.88 bits per heavy atom. The summed E-state index contributed by atoms with van der Waals surface area (Å²) in [4.78, 5) is 6.72. The minimum atomic E-state index is 0.146. The number of benzene rings is 2. The van der Waals surface area contributed by atoms with Crippen LogP contribution in [0.25, 0.3) is 0 Å². The van der Waals surface area contributed by atoms with Crippen LogP contribution in [0.4, 0.5) is 0 Å². The van der Waals surface area contributed by atoms with E-state index >= 15 is 0 Å². The van der Waals surface area contributed by atoms with Crippen molar-refractivity contribution in [1.29, 1.82) is 0 Å². The summed E-state index contributed by atoms with van der Waals surface area (Å²) < 4.78 is 5.40. The zero-order valence-electron chi connectivity index (χ0n) is 14.6. The van der Waals surface area contributed by atoms with Crippen LogP contribution in [-0.2, 0) is 6.42 Å². The molecule has 0 unspecified atom stereocenters. The van der Waals surface area contributed by atoms with Gasteiger partial charge in [-0.15, -0.1) is 0 Å². The second kappa shape index (κ2) is 9.08. The van der Waals surface area contributed by atoms with Gasteiger partial charge < -0.3 is 14.7 Å². The van der Waals surface area contributed by atoms with Crippen LogP contribution >= 0.6 is 0 Å². The fraction of sp³-hybridized carbons (Fsp3) is 0.350. The maximum Gasteiger partial charge on any atom is 0.166 e. The molecule has 128 valence electrons. The van der Waals surface area contributed by atoms with E-state index in [4.69, 9.17) is 4.74 Å². The van der Waals surface area contributed by atoms with E-state index in [1.54, 1.807) is 12.3 Å². The van der Waals surface area contributed by atoms with Crippen molar-refractivity contribution in [2.75, 3.05) is 27.2 Å². The van der Waals surface area contributed by atoms with Crippen molar-refractivity contribution in [3.63, 3.8) is 0 Å². The van der Waals surface area contributed by atoms with Crippen LogP contribution in [0.3, 0.4) is 0 Å². The summed E-state index contributed by atoms with van der Waals surface area (Å²) in [6.07, 6.45) is 2.66. The van der Waals surface area contributed by atoms with Crippen molar-refractivity contribution in [1.82, 2.24) is 4.90 Å². The fourth-order valence-electron chi connectivity index (χ4n) is 2.48. The van der Waals surface area contributed by atoms with Crippen molar-refractivity contribution in [2.45, 2.75) is 19.4 Å². The lowest BCUT2D eigenvalue weighted by Crippen LogP contribution is -2.32. The Labute approximate surface area is 144 Å². The lowest BCUT2D eigenvalue weighted by atomic mass is 10.1. The lowest BCUT2D eigenvalue weighted by molar-refractivity contribution is 0.298. The van der Waals surface area contributed by atoms with Gasteiger partial charge in [0.15, 0.2) is 11.5 Å². The molecule has 0 fully saturated rings. The number of aliphatic imine (C=N–C) groups is 1. The van der Waals surface area contributed by atoms with Crippen LogP contribution in [0.1, 0.15) is 18.1 Å². The van der Waals surface area contributed by atoms with Gasteiger partial charge in [-0.1, -0.05) is 36.4 Å². The Morgan fingerprint density at radius 3 is 2.54 bits per heavy atom. The molecule has 0 aliphatic rings. The number of phenolic OH excluding ortho intramolecular Hbond substituents is 1. The Hall–Kier alpha value is -2.33. The summed E-state index contributed by atoms with van der Waals surface area (Å²) in [6.45, 7) is 3.08. The number of ether oxygens (including phenoxy) is 1. The molecule has 0 aliphatic carbocycles. The molecule has 0 aliphatic heterocycles. The molecule has 4 heteroatoms. The maximum absolute atomic E-state index is 10.2. The van der Waals surface area contributed by atoms with E-state index in [1.165, 1.54) is 5.56 Å². The number of aromatic hydroxyl groups is 1. The van der Waals surface area contributed by atoms with Gasteiger partial charge in [-0.3, -0.25) is 4.99 Å². The predicted molar refractivity (Wildman–Crippen MR) is 99.4 cm³/mol. The highest BCUT2D eigenvalue weighted by Gasteiger charge is 2.11. The van der Waals surface area contributed by atoms with Crippen LogP contribution in [0, 0.1) is 0 Å². The number of likely N-dealkylation sites (N-methyl/N-ethyl adjacent to an activating group) is 1. The molecule has 0 saturated heterocycles. The zero-order chi connectivity index (χ0) is 17.4. The van der Waals surface area contributed by atoms with Crippen LogP contribution in [-0.4, -0.2) is 49.5 Å². The molecule has 0 heterocycles. The quantitative estimate of drug-likeness (QED) is 0.756. The Morgan fingerprint density at radius 1 is 1.12 bits per heavy atom. The van der Waals surface area contributed by atoms with Crippen molar-refractivity contribution in [3.8, 4) is 11.5 Å². The summed E-state index contributed by atoms with van der Waals surface area (Å²) >= 11 is 0. The molecule has 0 spiro atoms. The lowest BCUT2D eigenvalue weighted by Gasteiger charge is -2.22. The van der Waals surface area contributed by atoms with Crippen LogP contribution in [0.2, 0.25) is 0 Å². The summed E-state index contributed by atoms with van der Waals surface area (Å²) in [5.74, 6) is 0.641. The maximum atomic E-state index is 10.2. The van der Waals surface area contributed by atoms with Gasteiger partial charge in [0.25, 0.3) is 0 Å². The largest absolute Gasteiger partial charge is 0.504 e. The molecule has 24 heavy (non-hydrogen) atoms. The molecule has 2 aromatic carbocycles. The monoisotopic (exact) mass is 326 g/mol. The molecule has 1 N–H and O–H groups in total. The number of rotatable bonds is 8. The van der Waals surface area contributed by atoms with Gasteiger partial charge in [0.05, 0.1) is 13.2 Å². The highest BCUT2D eigenvalue weighted by Crippen LogP contribution is 2.28. The van der Waals surface area contributed by atoms with Gasteiger partial charge in [0.2, 0.25) is 0 Å². The number of hydrogen-bond acceptors (Lipinski definition) is 4. The molecule has 2 aromatic rings. The normalized spacial score (nSPS) is 12.7. The number of nitrogens with zero attached hydrogens (tertiary/aromatic N) is 2. The third-order valence-electron chi connectivity index (χ3n) is 3.92. The average Bonchev–Trinajstić information content (AvgIpc) is 2.58. The molecule has 2 rings (SSSR count). The molecule has 0 bridgehead atoms. The molecule has 4 nitrogen and oxygen atoms in total. The molecule has 0 amide bonds. The van der Waals surface area contributed by atoms with Gasteiger partial charge in [0, 0.05) is 17.8 Å². The first kappa shape index (κ1) is 18.0. The molecule has 1 atom stereocenters. The summed E-state index contributed by atoms with van der Waals surface area (Å²) in [6, 6.07) is 16.2. The van der Waals surface area contributed by atoms with Crippen LogP contribution in [0.15, 0.2) is 53.5 Å². The third-order valence-corrected chi connectivity index (χ3v) is 3.92. The fourth-order valence-corrected chi connectivity index (χ4v) is 2.48. The van der Waals surface area contributed by atoms with E-state index in [-0.39, 0.29) is 5.75 Å².